The van der Waals surface area contributed by atoms with Crippen molar-refractivity contribution in [3.63, 3.8) is 0 Å². The van der Waals surface area contributed by atoms with Crippen LogP contribution in [-0.4, -0.2) is 21.4 Å². The minimum atomic E-state index is -1.39. The third kappa shape index (κ3) is 3.84. The Morgan fingerprint density at radius 2 is 2.00 bits per heavy atom. The number of para-hydroxylation sites is 2. The van der Waals surface area contributed by atoms with Gasteiger partial charge in [-0.25, -0.2) is 4.79 Å². The maximum atomic E-state index is 12.4. The Morgan fingerprint density at radius 1 is 1.26 bits per heavy atom. The molecule has 0 saturated heterocycles. The molecule has 2 atom stereocenters. The summed E-state index contributed by atoms with van der Waals surface area (Å²) in [6.07, 6.45) is 0. The van der Waals surface area contributed by atoms with Crippen molar-refractivity contribution in [3.05, 3.63) is 69.9 Å². The van der Waals surface area contributed by atoms with Crippen LogP contribution >= 0.6 is 0 Å². The molecule has 0 spiro atoms. The van der Waals surface area contributed by atoms with Gasteiger partial charge in [0.25, 0.3) is 0 Å². The quantitative estimate of drug-likeness (QED) is 0.626. The van der Waals surface area contributed by atoms with E-state index < -0.39 is 17.1 Å². The molecule has 0 bridgehead atoms. The average Bonchev–Trinajstić information content (AvgIpc) is 2.67. The van der Waals surface area contributed by atoms with Crippen molar-refractivity contribution >= 4 is 33.8 Å². The van der Waals surface area contributed by atoms with Crippen molar-refractivity contribution in [2.45, 2.75) is 25.0 Å². The Hall–Kier alpha value is -2.77. The van der Waals surface area contributed by atoms with Crippen LogP contribution in [0.2, 0.25) is 0 Å². The van der Waals surface area contributed by atoms with Gasteiger partial charge in [-0.2, -0.15) is 0 Å². The van der Waals surface area contributed by atoms with Gasteiger partial charge in [0.15, 0.2) is 5.43 Å². The van der Waals surface area contributed by atoms with Crippen LogP contribution in [0.4, 0.5) is 5.69 Å². The van der Waals surface area contributed by atoms with Gasteiger partial charge in [0, 0.05) is 22.4 Å². The van der Waals surface area contributed by atoms with Crippen LogP contribution in [0.5, 0.6) is 0 Å². The molecule has 0 aliphatic heterocycles. The first-order valence-corrected chi connectivity index (χ1v) is 9.78. The minimum Gasteiger partial charge on any atom is -0.609 e. The summed E-state index contributed by atoms with van der Waals surface area (Å²) < 4.78 is 17.9. The van der Waals surface area contributed by atoms with Gasteiger partial charge in [-0.3, -0.25) is 4.79 Å². The third-order valence-corrected chi connectivity index (χ3v) is 5.42. The second-order valence-electron chi connectivity index (χ2n) is 6.00. The van der Waals surface area contributed by atoms with Crippen LogP contribution in [0.1, 0.15) is 35.8 Å². The van der Waals surface area contributed by atoms with Crippen LogP contribution < -0.4 is 10.7 Å². The number of rotatable bonds is 6. The predicted molar refractivity (Wildman–Crippen MR) is 105 cm³/mol. The van der Waals surface area contributed by atoms with Gasteiger partial charge in [0.1, 0.15) is 11.3 Å². The number of carboxylic acid groups (broad SMARTS) is 1. The normalized spacial score (nSPS) is 13.3. The molecule has 0 aliphatic carbocycles. The molecule has 0 amide bonds. The van der Waals surface area contributed by atoms with Gasteiger partial charge in [-0.15, -0.1) is 0 Å². The van der Waals surface area contributed by atoms with Crippen molar-refractivity contribution in [2.24, 2.45) is 0 Å². The molecule has 0 fully saturated rings. The number of benzene rings is 2. The molecule has 2 unspecified atom stereocenters. The molecular weight excluding hydrogens is 366 g/mol. The Kier molecular flexibility index (Phi) is 5.53. The zero-order valence-corrected chi connectivity index (χ0v) is 15.7. The van der Waals surface area contributed by atoms with Crippen molar-refractivity contribution in [2.75, 3.05) is 11.1 Å². The lowest BCUT2D eigenvalue weighted by Gasteiger charge is -2.18. The Balaban J connectivity index is 2.07. The average molecular weight is 385 g/mol. The van der Waals surface area contributed by atoms with Crippen LogP contribution in [0.25, 0.3) is 11.0 Å². The molecule has 2 aromatic carbocycles. The standard InChI is InChI=1S/C20H19NO5S/c1-3-27(25)18-11-17(22)15-9-6-8-13(19(15)26-18)12(2)21-16-10-5-4-7-14(16)20(23)24/h4-12,21H,3H2,1-2H3,(H,23,24). The zero-order chi connectivity index (χ0) is 19.6. The van der Waals surface area contributed by atoms with E-state index in [2.05, 4.69) is 5.32 Å². The van der Waals surface area contributed by atoms with E-state index in [-0.39, 0.29) is 22.1 Å². The predicted octanol–water partition coefficient (Wildman–Crippen LogP) is 3.79. The molecule has 0 aliphatic rings. The number of hydrogen-bond donors (Lipinski definition) is 2. The highest BCUT2D eigenvalue weighted by atomic mass is 32.2. The summed E-state index contributed by atoms with van der Waals surface area (Å²) in [6, 6.07) is 12.7. The Morgan fingerprint density at radius 3 is 2.70 bits per heavy atom. The second kappa shape index (κ2) is 7.85. The zero-order valence-electron chi connectivity index (χ0n) is 14.9. The Labute approximate surface area is 159 Å². The number of hydrogen-bond acceptors (Lipinski definition) is 5. The highest BCUT2D eigenvalue weighted by molar-refractivity contribution is 7.91. The van der Waals surface area contributed by atoms with Gasteiger partial charge in [0.05, 0.1) is 23.1 Å². The summed E-state index contributed by atoms with van der Waals surface area (Å²) in [6.45, 7) is 3.59. The van der Waals surface area contributed by atoms with Gasteiger partial charge in [-0.1, -0.05) is 24.3 Å². The van der Waals surface area contributed by atoms with Crippen LogP contribution in [0, 0.1) is 0 Å². The van der Waals surface area contributed by atoms with Crippen LogP contribution in [-0.2, 0) is 11.2 Å². The number of aromatic carboxylic acids is 1. The summed E-state index contributed by atoms with van der Waals surface area (Å²) in [4.78, 5) is 23.8. The molecule has 1 heterocycles. The highest BCUT2D eigenvalue weighted by Crippen LogP contribution is 2.28. The first kappa shape index (κ1) is 19.0. The van der Waals surface area contributed by atoms with E-state index in [9.17, 15) is 19.2 Å². The van der Waals surface area contributed by atoms with Crippen molar-refractivity contribution in [1.29, 1.82) is 0 Å². The fourth-order valence-electron chi connectivity index (χ4n) is 2.88. The van der Waals surface area contributed by atoms with Crippen molar-refractivity contribution in [3.8, 4) is 0 Å². The minimum absolute atomic E-state index is 0.139. The van der Waals surface area contributed by atoms with E-state index in [1.54, 1.807) is 43.3 Å². The number of nitrogens with one attached hydrogen (secondary N) is 1. The summed E-state index contributed by atoms with van der Waals surface area (Å²) >= 11 is -1.39. The molecule has 3 rings (SSSR count). The first-order chi connectivity index (χ1) is 12.9. The summed E-state index contributed by atoms with van der Waals surface area (Å²) in [5.74, 6) is -0.688. The van der Waals surface area contributed by atoms with E-state index in [1.165, 1.54) is 12.1 Å². The Bertz CT molecular complexity index is 1050. The van der Waals surface area contributed by atoms with Gasteiger partial charge >= 0.3 is 11.1 Å². The SMILES string of the molecule is CC[S+]([O-])c1cc(=O)c2cccc(C(C)Nc3ccccc3C(=O)O)c2o1. The monoisotopic (exact) mass is 385 g/mol. The lowest BCUT2D eigenvalue weighted by Crippen LogP contribution is -2.13. The molecule has 1 aromatic heterocycles. The van der Waals surface area contributed by atoms with Gasteiger partial charge in [-0.05, 0) is 32.0 Å². The molecule has 27 heavy (non-hydrogen) atoms. The number of anilines is 1. The summed E-state index contributed by atoms with van der Waals surface area (Å²) in [5.41, 5.74) is 1.39. The van der Waals surface area contributed by atoms with E-state index in [0.29, 0.717) is 28.0 Å². The summed E-state index contributed by atoms with van der Waals surface area (Å²) in [7, 11) is 0. The highest BCUT2D eigenvalue weighted by Gasteiger charge is 2.20. The maximum Gasteiger partial charge on any atom is 0.337 e. The van der Waals surface area contributed by atoms with Gasteiger partial charge < -0.3 is 19.4 Å². The fourth-order valence-corrected chi connectivity index (χ4v) is 3.58. The molecule has 2 N–H and O–H groups in total. The second-order valence-corrected chi connectivity index (χ2v) is 7.68. The molecule has 6 nitrogen and oxygen atoms in total. The van der Waals surface area contributed by atoms with Crippen molar-refractivity contribution < 1.29 is 18.9 Å². The number of carboxylic acids is 1. The van der Waals surface area contributed by atoms with Crippen molar-refractivity contribution in [1.82, 2.24) is 0 Å². The molecule has 3 aromatic rings. The number of carbonyl (C=O) groups is 1. The molecule has 140 valence electrons. The van der Waals surface area contributed by atoms with E-state index >= 15 is 0 Å². The van der Waals surface area contributed by atoms with E-state index in [1.807, 2.05) is 6.92 Å². The van der Waals surface area contributed by atoms with Crippen LogP contribution in [0.3, 0.4) is 0 Å². The lowest BCUT2D eigenvalue weighted by atomic mass is 10.0. The first-order valence-electron chi connectivity index (χ1n) is 8.46. The molecular formula is C20H19NO5S. The van der Waals surface area contributed by atoms with E-state index in [0.717, 1.165) is 0 Å². The molecule has 0 saturated carbocycles. The molecule has 0 radical (unpaired) electrons. The summed E-state index contributed by atoms with van der Waals surface area (Å²) in [5, 5.41) is 13.0. The van der Waals surface area contributed by atoms with Gasteiger partial charge in [0.2, 0.25) is 0 Å². The largest absolute Gasteiger partial charge is 0.609 e. The van der Waals surface area contributed by atoms with E-state index in [4.69, 9.17) is 4.42 Å². The number of fused-ring (bicyclic) bond motifs is 1. The fraction of sp³-hybridized carbons (Fsp3) is 0.200. The third-order valence-electron chi connectivity index (χ3n) is 4.25. The topological polar surface area (TPSA) is 103 Å². The lowest BCUT2D eigenvalue weighted by molar-refractivity contribution is 0.0698. The molecule has 7 heteroatoms. The smallest absolute Gasteiger partial charge is 0.337 e. The van der Waals surface area contributed by atoms with Crippen LogP contribution in [0.15, 0.2) is 62.8 Å². The maximum absolute atomic E-state index is 12.4.